The molecule has 0 aliphatic carbocycles. The Morgan fingerprint density at radius 3 is 2.47 bits per heavy atom. The molecule has 1 heterocycles. The number of fused-ring (bicyclic) bond motifs is 1. The lowest BCUT2D eigenvalue weighted by Gasteiger charge is -2.15. The van der Waals surface area contributed by atoms with Gasteiger partial charge in [-0.2, -0.15) is 0 Å². The molecule has 2 rings (SSSR count). The second kappa shape index (κ2) is 4.41. The van der Waals surface area contributed by atoms with Gasteiger partial charge in [0.2, 0.25) is 0 Å². The molecule has 0 saturated carbocycles. The number of anilines is 1. The minimum absolute atomic E-state index is 0.0940. The molecule has 0 N–H and O–H groups in total. The largest absolute Gasteiger partial charge is 0.305 e. The van der Waals surface area contributed by atoms with Crippen LogP contribution >= 0.6 is 11.6 Å². The van der Waals surface area contributed by atoms with Crippen molar-refractivity contribution in [2.45, 2.75) is 6.42 Å². The predicted molar refractivity (Wildman–Crippen MR) is 58.4 cm³/mol. The van der Waals surface area contributed by atoms with Crippen molar-refractivity contribution in [3.63, 3.8) is 0 Å². The molecule has 0 bridgehead atoms. The van der Waals surface area contributed by atoms with Gasteiger partial charge in [0, 0.05) is 18.5 Å². The zero-order valence-corrected chi connectivity index (χ0v) is 9.43. The number of rotatable bonds is 3. The van der Waals surface area contributed by atoms with Crippen LogP contribution < -0.4 is 4.90 Å². The first-order valence-corrected chi connectivity index (χ1v) is 5.51. The van der Waals surface area contributed by atoms with Gasteiger partial charge >= 0.3 is 0 Å². The summed E-state index contributed by atoms with van der Waals surface area (Å²) in [4.78, 5) is 24.2. The summed E-state index contributed by atoms with van der Waals surface area (Å²) in [6.07, 6.45) is 0.471. The molecule has 0 atom stereocenters. The second-order valence-corrected chi connectivity index (χ2v) is 3.99. The van der Waals surface area contributed by atoms with E-state index in [9.17, 15) is 18.4 Å². The maximum Gasteiger partial charge on any atom is 0.299 e. The van der Waals surface area contributed by atoms with Gasteiger partial charge in [0.25, 0.3) is 11.7 Å². The van der Waals surface area contributed by atoms with Crippen LogP contribution in [0.25, 0.3) is 0 Å². The SMILES string of the molecule is O=C1C(=O)N(CCCCl)c2cc(F)c(F)cc21. The van der Waals surface area contributed by atoms with Crippen LogP contribution in [-0.4, -0.2) is 24.1 Å². The van der Waals surface area contributed by atoms with Gasteiger partial charge in [-0.25, -0.2) is 8.78 Å². The molecule has 17 heavy (non-hydrogen) atoms. The fraction of sp³-hybridized carbons (Fsp3) is 0.273. The lowest BCUT2D eigenvalue weighted by Crippen LogP contribution is -2.30. The van der Waals surface area contributed by atoms with Crippen LogP contribution in [0.15, 0.2) is 12.1 Å². The van der Waals surface area contributed by atoms with Gasteiger partial charge in [-0.1, -0.05) is 0 Å². The summed E-state index contributed by atoms with van der Waals surface area (Å²) in [6.45, 7) is 0.214. The molecule has 0 fully saturated rings. The summed E-state index contributed by atoms with van der Waals surface area (Å²) in [5.74, 6) is -3.48. The van der Waals surface area contributed by atoms with E-state index in [2.05, 4.69) is 0 Å². The fourth-order valence-corrected chi connectivity index (χ4v) is 1.85. The van der Waals surface area contributed by atoms with Crippen molar-refractivity contribution in [1.29, 1.82) is 0 Å². The quantitative estimate of drug-likeness (QED) is 0.616. The highest BCUT2D eigenvalue weighted by Crippen LogP contribution is 2.30. The van der Waals surface area contributed by atoms with Crippen LogP contribution in [0.5, 0.6) is 0 Å². The van der Waals surface area contributed by atoms with Crippen molar-refractivity contribution in [1.82, 2.24) is 0 Å². The Morgan fingerprint density at radius 1 is 1.18 bits per heavy atom. The predicted octanol–water partition coefficient (Wildman–Crippen LogP) is 2.12. The third-order valence-electron chi connectivity index (χ3n) is 2.53. The number of amides is 1. The van der Waals surface area contributed by atoms with E-state index < -0.39 is 23.3 Å². The molecule has 1 aromatic carbocycles. The van der Waals surface area contributed by atoms with Crippen LogP contribution in [0.2, 0.25) is 0 Å². The number of hydrogen-bond donors (Lipinski definition) is 0. The Hall–Kier alpha value is -1.49. The van der Waals surface area contributed by atoms with Gasteiger partial charge in [0.1, 0.15) is 0 Å². The molecular weight excluding hydrogens is 252 g/mol. The number of benzene rings is 1. The van der Waals surface area contributed by atoms with Crippen molar-refractivity contribution in [3.05, 3.63) is 29.3 Å². The molecule has 0 unspecified atom stereocenters. The first kappa shape index (κ1) is 12.0. The van der Waals surface area contributed by atoms with E-state index >= 15 is 0 Å². The van der Waals surface area contributed by atoms with Gasteiger partial charge in [0.05, 0.1) is 11.3 Å². The summed E-state index contributed by atoms with van der Waals surface area (Å²) >= 11 is 5.49. The van der Waals surface area contributed by atoms with E-state index in [1.54, 1.807) is 0 Å². The Bertz CT molecular complexity index is 504. The topological polar surface area (TPSA) is 37.4 Å². The first-order valence-electron chi connectivity index (χ1n) is 4.97. The molecule has 3 nitrogen and oxygen atoms in total. The molecule has 0 saturated heterocycles. The highest BCUT2D eigenvalue weighted by molar-refractivity contribution is 6.52. The molecule has 90 valence electrons. The van der Waals surface area contributed by atoms with Crippen molar-refractivity contribution in [3.8, 4) is 0 Å². The molecule has 0 spiro atoms. The number of halogens is 3. The fourth-order valence-electron chi connectivity index (χ4n) is 1.73. The number of nitrogens with zero attached hydrogens (tertiary/aromatic N) is 1. The lowest BCUT2D eigenvalue weighted by atomic mass is 10.1. The number of Topliss-reactive ketones (excluding diaryl/α,β-unsaturated/α-hetero) is 1. The average molecular weight is 260 g/mol. The van der Waals surface area contributed by atoms with Crippen molar-refractivity contribution in [2.24, 2.45) is 0 Å². The van der Waals surface area contributed by atoms with E-state index in [1.165, 1.54) is 0 Å². The molecule has 0 radical (unpaired) electrons. The monoisotopic (exact) mass is 259 g/mol. The van der Waals surface area contributed by atoms with Gasteiger partial charge in [-0.15, -0.1) is 11.6 Å². The van der Waals surface area contributed by atoms with Crippen LogP contribution in [0.4, 0.5) is 14.5 Å². The number of hydrogen-bond acceptors (Lipinski definition) is 2. The van der Waals surface area contributed by atoms with Crippen LogP contribution in [0.3, 0.4) is 0 Å². The highest BCUT2D eigenvalue weighted by atomic mass is 35.5. The summed E-state index contributed by atoms with van der Waals surface area (Å²) in [7, 11) is 0. The van der Waals surface area contributed by atoms with E-state index in [1.807, 2.05) is 0 Å². The van der Waals surface area contributed by atoms with Crippen LogP contribution in [0.1, 0.15) is 16.8 Å². The molecule has 1 amide bonds. The maximum atomic E-state index is 13.1. The number of alkyl halides is 1. The van der Waals surface area contributed by atoms with E-state index in [0.717, 1.165) is 17.0 Å². The summed E-state index contributed by atoms with van der Waals surface area (Å²) in [5.41, 5.74) is 0.0208. The summed E-state index contributed by atoms with van der Waals surface area (Å²) in [5, 5.41) is 0. The van der Waals surface area contributed by atoms with Crippen molar-refractivity contribution in [2.75, 3.05) is 17.3 Å². The molecule has 6 heteroatoms. The minimum atomic E-state index is -1.14. The molecular formula is C11H8ClF2NO2. The summed E-state index contributed by atoms with van der Waals surface area (Å²) < 4.78 is 26.0. The van der Waals surface area contributed by atoms with Gasteiger partial charge in [0.15, 0.2) is 11.6 Å². The molecule has 1 aliphatic heterocycles. The zero-order chi connectivity index (χ0) is 12.6. The standard InChI is InChI=1S/C11H8ClF2NO2/c12-2-1-3-15-9-5-8(14)7(13)4-6(9)10(16)11(15)17/h4-5H,1-3H2. The Balaban J connectivity index is 2.45. The van der Waals surface area contributed by atoms with Crippen LogP contribution in [-0.2, 0) is 4.79 Å². The maximum absolute atomic E-state index is 13.1. The van der Waals surface area contributed by atoms with Gasteiger partial charge in [-0.3, -0.25) is 9.59 Å². The van der Waals surface area contributed by atoms with Gasteiger partial charge in [-0.05, 0) is 12.5 Å². The number of ketones is 1. The molecule has 0 aromatic heterocycles. The third-order valence-corrected chi connectivity index (χ3v) is 2.80. The third kappa shape index (κ3) is 1.91. The number of carbonyl (C=O) groups excluding carboxylic acids is 2. The minimum Gasteiger partial charge on any atom is -0.305 e. The second-order valence-electron chi connectivity index (χ2n) is 3.61. The Labute approximate surface area is 101 Å². The van der Waals surface area contributed by atoms with Crippen LogP contribution in [0, 0.1) is 11.6 Å². The zero-order valence-electron chi connectivity index (χ0n) is 8.67. The normalized spacial score (nSPS) is 14.4. The molecule has 1 aliphatic rings. The summed E-state index contributed by atoms with van der Waals surface area (Å²) in [6, 6.07) is 1.62. The highest BCUT2D eigenvalue weighted by Gasteiger charge is 2.36. The average Bonchev–Trinajstić information content (AvgIpc) is 2.52. The molecule has 1 aromatic rings. The van der Waals surface area contributed by atoms with Crippen molar-refractivity contribution < 1.29 is 18.4 Å². The van der Waals surface area contributed by atoms with E-state index in [-0.39, 0.29) is 17.8 Å². The van der Waals surface area contributed by atoms with Gasteiger partial charge < -0.3 is 4.90 Å². The lowest BCUT2D eigenvalue weighted by molar-refractivity contribution is -0.114. The van der Waals surface area contributed by atoms with Crippen molar-refractivity contribution >= 4 is 29.0 Å². The van der Waals surface area contributed by atoms with E-state index in [4.69, 9.17) is 11.6 Å². The number of carbonyl (C=O) groups is 2. The Kier molecular flexibility index (Phi) is 3.11. The Morgan fingerprint density at radius 2 is 1.82 bits per heavy atom. The van der Waals surface area contributed by atoms with E-state index in [0.29, 0.717) is 12.3 Å². The smallest absolute Gasteiger partial charge is 0.299 e. The first-order chi connectivity index (χ1) is 8.06.